The summed E-state index contributed by atoms with van der Waals surface area (Å²) in [5.74, 6) is -0.894. The molecule has 2 amide bonds. The lowest BCUT2D eigenvalue weighted by atomic mass is 10.1. The van der Waals surface area contributed by atoms with Gasteiger partial charge in [0.15, 0.2) is 5.78 Å². The molecule has 0 aromatic heterocycles. The minimum atomic E-state index is -0.430. The van der Waals surface area contributed by atoms with Gasteiger partial charge < -0.3 is 15.1 Å². The normalized spacial score (nSPS) is 14.1. The number of carbonyl (C=O) groups excluding carboxylic acids is 2. The van der Waals surface area contributed by atoms with Gasteiger partial charge in [-0.1, -0.05) is 12.1 Å². The van der Waals surface area contributed by atoms with E-state index in [1.54, 1.807) is 23.1 Å². The van der Waals surface area contributed by atoms with Crippen LogP contribution in [0.5, 0.6) is 0 Å². The summed E-state index contributed by atoms with van der Waals surface area (Å²) in [5, 5.41) is 2.84. The zero-order chi connectivity index (χ0) is 20.1. The Kier molecular flexibility index (Phi) is 6.23. The maximum Gasteiger partial charge on any atom is 0.317 e. The summed E-state index contributed by atoms with van der Waals surface area (Å²) in [6.45, 7) is 3.78. The Balaban J connectivity index is 1.48. The van der Waals surface area contributed by atoms with Crippen molar-refractivity contribution in [2.45, 2.75) is 13.3 Å². The van der Waals surface area contributed by atoms with Crippen LogP contribution >= 0.6 is 0 Å². The Bertz CT molecular complexity index is 864. The van der Waals surface area contributed by atoms with Crippen LogP contribution < -0.4 is 10.2 Å². The fourth-order valence-electron chi connectivity index (χ4n) is 3.25. The lowest BCUT2D eigenvalue weighted by molar-refractivity contribution is 0.101. The number of rotatable bonds is 5. The first-order chi connectivity index (χ1) is 13.4. The van der Waals surface area contributed by atoms with Gasteiger partial charge in [0.25, 0.3) is 0 Å². The number of anilines is 1. The third-order valence-corrected chi connectivity index (χ3v) is 4.84. The number of nitrogens with zero attached hydrogens (tertiary/aromatic N) is 2. The molecule has 3 rings (SSSR count). The zero-order valence-electron chi connectivity index (χ0n) is 15.8. The first-order valence-corrected chi connectivity index (χ1v) is 9.26. The van der Waals surface area contributed by atoms with Crippen molar-refractivity contribution in [3.63, 3.8) is 0 Å². The molecule has 7 heteroatoms. The highest BCUT2D eigenvalue weighted by Gasteiger charge is 2.23. The van der Waals surface area contributed by atoms with E-state index in [1.165, 1.54) is 25.1 Å². The molecule has 0 spiro atoms. The van der Waals surface area contributed by atoms with E-state index in [9.17, 15) is 18.4 Å². The SMILES string of the molecule is CC(=O)c1ccc(N2CCN(C(=O)NCCc3cccc(F)c3)CC2)c(F)c1. The molecule has 5 nitrogen and oxygen atoms in total. The van der Waals surface area contributed by atoms with Crippen molar-refractivity contribution < 1.29 is 18.4 Å². The van der Waals surface area contributed by atoms with E-state index in [1.807, 2.05) is 11.0 Å². The molecule has 2 aromatic rings. The molecule has 0 atom stereocenters. The second kappa shape index (κ2) is 8.82. The summed E-state index contributed by atoms with van der Waals surface area (Å²) in [5.41, 5.74) is 1.61. The van der Waals surface area contributed by atoms with Gasteiger partial charge in [0.1, 0.15) is 11.6 Å². The van der Waals surface area contributed by atoms with E-state index in [4.69, 9.17) is 0 Å². The molecule has 0 saturated carbocycles. The first-order valence-electron chi connectivity index (χ1n) is 9.26. The second-order valence-corrected chi connectivity index (χ2v) is 6.81. The fraction of sp³-hybridized carbons (Fsp3) is 0.333. The van der Waals surface area contributed by atoms with Crippen LogP contribution in [0, 0.1) is 11.6 Å². The summed E-state index contributed by atoms with van der Waals surface area (Å²) in [6, 6.07) is 10.6. The van der Waals surface area contributed by atoms with Gasteiger partial charge in [-0.3, -0.25) is 4.79 Å². The smallest absolute Gasteiger partial charge is 0.317 e. The summed E-state index contributed by atoms with van der Waals surface area (Å²) in [6.07, 6.45) is 0.553. The highest BCUT2D eigenvalue weighted by atomic mass is 19.1. The average molecular weight is 387 g/mol. The topological polar surface area (TPSA) is 52.7 Å². The molecule has 1 N–H and O–H groups in total. The molecular formula is C21H23F2N3O2. The van der Waals surface area contributed by atoms with Crippen molar-refractivity contribution in [3.05, 3.63) is 65.2 Å². The third kappa shape index (κ3) is 4.85. The number of ketones is 1. The summed E-state index contributed by atoms with van der Waals surface area (Å²) in [4.78, 5) is 27.2. The predicted octanol–water partition coefficient (Wildman–Crippen LogP) is 3.24. The van der Waals surface area contributed by atoms with Crippen LogP contribution in [0.1, 0.15) is 22.8 Å². The molecule has 2 aromatic carbocycles. The van der Waals surface area contributed by atoms with Crippen molar-refractivity contribution in [1.82, 2.24) is 10.2 Å². The minimum absolute atomic E-state index is 0.176. The molecule has 0 aliphatic carbocycles. The molecular weight excluding hydrogens is 364 g/mol. The fourth-order valence-corrected chi connectivity index (χ4v) is 3.25. The highest BCUT2D eigenvalue weighted by molar-refractivity contribution is 5.94. The van der Waals surface area contributed by atoms with Gasteiger partial charge in [0.2, 0.25) is 0 Å². The summed E-state index contributed by atoms with van der Waals surface area (Å²) >= 11 is 0. The van der Waals surface area contributed by atoms with E-state index >= 15 is 0 Å². The van der Waals surface area contributed by atoms with Crippen molar-refractivity contribution in [2.24, 2.45) is 0 Å². The number of hydrogen-bond acceptors (Lipinski definition) is 3. The van der Waals surface area contributed by atoms with Crippen LogP contribution in [-0.2, 0) is 6.42 Å². The molecule has 1 saturated heterocycles. The second-order valence-electron chi connectivity index (χ2n) is 6.81. The van der Waals surface area contributed by atoms with E-state index in [-0.39, 0.29) is 17.6 Å². The zero-order valence-corrected chi connectivity index (χ0v) is 15.8. The van der Waals surface area contributed by atoms with E-state index in [2.05, 4.69) is 5.32 Å². The van der Waals surface area contributed by atoms with Crippen molar-refractivity contribution >= 4 is 17.5 Å². The van der Waals surface area contributed by atoms with Crippen molar-refractivity contribution in [3.8, 4) is 0 Å². The van der Waals surface area contributed by atoms with Crippen LogP contribution in [0.25, 0.3) is 0 Å². The molecule has 1 aliphatic heterocycles. The summed E-state index contributed by atoms with van der Waals surface area (Å²) < 4.78 is 27.5. The Morgan fingerprint density at radius 3 is 2.43 bits per heavy atom. The Labute approximate surface area is 162 Å². The number of hydrogen-bond donors (Lipinski definition) is 1. The molecule has 1 heterocycles. The predicted molar refractivity (Wildman–Crippen MR) is 104 cm³/mol. The maximum atomic E-state index is 14.3. The van der Waals surface area contributed by atoms with Gasteiger partial charge >= 0.3 is 6.03 Å². The number of Topliss-reactive ketones (excluding diaryl/α,β-unsaturated/α-hetero) is 1. The first kappa shape index (κ1) is 19.8. The number of piperazine rings is 1. The van der Waals surface area contributed by atoms with Gasteiger partial charge in [-0.15, -0.1) is 0 Å². The van der Waals surface area contributed by atoms with Crippen LogP contribution in [0.3, 0.4) is 0 Å². The Morgan fingerprint density at radius 1 is 1.04 bits per heavy atom. The number of halogens is 2. The maximum absolute atomic E-state index is 14.3. The summed E-state index contributed by atoms with van der Waals surface area (Å²) in [7, 11) is 0. The van der Waals surface area contributed by atoms with Crippen LogP contribution in [0.2, 0.25) is 0 Å². The van der Waals surface area contributed by atoms with E-state index in [0.717, 1.165) is 5.56 Å². The van der Waals surface area contributed by atoms with E-state index in [0.29, 0.717) is 50.4 Å². The minimum Gasteiger partial charge on any atom is -0.366 e. The lowest BCUT2D eigenvalue weighted by Gasteiger charge is -2.36. The Morgan fingerprint density at radius 2 is 1.79 bits per heavy atom. The van der Waals surface area contributed by atoms with Gasteiger partial charge in [-0.2, -0.15) is 0 Å². The molecule has 0 unspecified atom stereocenters. The standard InChI is InChI=1S/C21H23F2N3O2/c1-15(27)17-5-6-20(19(23)14-17)25-9-11-26(12-10-25)21(28)24-8-7-16-3-2-4-18(22)13-16/h2-6,13-14H,7-12H2,1H3,(H,24,28). The van der Waals surface area contributed by atoms with Crippen molar-refractivity contribution in [1.29, 1.82) is 0 Å². The lowest BCUT2D eigenvalue weighted by Crippen LogP contribution is -2.52. The molecule has 0 radical (unpaired) electrons. The Hall–Kier alpha value is -2.96. The molecule has 1 fully saturated rings. The number of benzene rings is 2. The van der Waals surface area contributed by atoms with Crippen LogP contribution in [-0.4, -0.2) is 49.4 Å². The quantitative estimate of drug-likeness (QED) is 0.802. The largest absolute Gasteiger partial charge is 0.366 e. The molecule has 148 valence electrons. The van der Waals surface area contributed by atoms with Gasteiger partial charge in [-0.05, 0) is 49.2 Å². The molecule has 0 bridgehead atoms. The number of carbonyl (C=O) groups is 2. The third-order valence-electron chi connectivity index (χ3n) is 4.84. The van der Waals surface area contributed by atoms with Crippen molar-refractivity contribution in [2.75, 3.05) is 37.6 Å². The van der Waals surface area contributed by atoms with Gasteiger partial charge in [-0.25, -0.2) is 13.6 Å². The van der Waals surface area contributed by atoms with Crippen LogP contribution in [0.15, 0.2) is 42.5 Å². The monoisotopic (exact) mass is 387 g/mol. The average Bonchev–Trinajstić information content (AvgIpc) is 2.68. The molecule has 28 heavy (non-hydrogen) atoms. The number of amides is 2. The number of urea groups is 1. The highest BCUT2D eigenvalue weighted by Crippen LogP contribution is 2.22. The van der Waals surface area contributed by atoms with Gasteiger partial charge in [0, 0.05) is 38.3 Å². The number of nitrogens with one attached hydrogen (secondary N) is 1. The van der Waals surface area contributed by atoms with Gasteiger partial charge in [0.05, 0.1) is 5.69 Å². The molecule has 1 aliphatic rings. The van der Waals surface area contributed by atoms with E-state index < -0.39 is 5.82 Å². The van der Waals surface area contributed by atoms with Crippen LogP contribution in [0.4, 0.5) is 19.3 Å².